The standard InChI is InChI=1S/C21H16F3N3O3/c1-29-19-12-14(6-7-18(19)30-20(28)15-8-10-25-11-9-15)13-26-27-17-5-3-2-4-16(17)21(22,23)24/h2-13,27H,1H3/b26-13-. The largest absolute Gasteiger partial charge is 0.493 e. The number of nitrogens with one attached hydrogen (secondary N) is 1. The average molecular weight is 415 g/mol. The molecule has 0 aliphatic rings. The highest BCUT2D eigenvalue weighted by Gasteiger charge is 2.33. The van der Waals surface area contributed by atoms with E-state index in [-0.39, 0.29) is 17.2 Å². The lowest BCUT2D eigenvalue weighted by Gasteiger charge is -2.11. The van der Waals surface area contributed by atoms with Crippen LogP contribution in [0.5, 0.6) is 11.5 Å². The molecule has 154 valence electrons. The van der Waals surface area contributed by atoms with Crippen LogP contribution in [-0.2, 0) is 6.18 Å². The van der Waals surface area contributed by atoms with Crippen LogP contribution < -0.4 is 14.9 Å². The zero-order valence-electron chi connectivity index (χ0n) is 15.7. The Labute approximate surface area is 170 Å². The summed E-state index contributed by atoms with van der Waals surface area (Å²) in [5.41, 5.74) is 2.25. The van der Waals surface area contributed by atoms with Crippen molar-refractivity contribution in [1.29, 1.82) is 0 Å². The van der Waals surface area contributed by atoms with E-state index in [0.29, 0.717) is 11.1 Å². The van der Waals surface area contributed by atoms with Crippen molar-refractivity contribution in [2.24, 2.45) is 5.10 Å². The first-order valence-electron chi connectivity index (χ1n) is 8.64. The molecule has 3 rings (SSSR count). The fourth-order valence-electron chi connectivity index (χ4n) is 2.50. The fraction of sp³-hybridized carbons (Fsp3) is 0.0952. The van der Waals surface area contributed by atoms with Gasteiger partial charge in [-0.3, -0.25) is 10.4 Å². The van der Waals surface area contributed by atoms with Crippen LogP contribution >= 0.6 is 0 Å². The first-order chi connectivity index (χ1) is 14.4. The minimum atomic E-state index is -4.50. The first kappa shape index (κ1) is 20.8. The highest BCUT2D eigenvalue weighted by atomic mass is 19.4. The van der Waals surface area contributed by atoms with E-state index >= 15 is 0 Å². The Hall–Kier alpha value is -3.88. The smallest absolute Gasteiger partial charge is 0.418 e. The van der Waals surface area contributed by atoms with E-state index in [1.807, 2.05) is 0 Å². The van der Waals surface area contributed by atoms with Crippen molar-refractivity contribution in [3.63, 3.8) is 0 Å². The number of para-hydroxylation sites is 1. The molecule has 0 atom stereocenters. The Bertz CT molecular complexity index is 1050. The first-order valence-corrected chi connectivity index (χ1v) is 8.64. The summed E-state index contributed by atoms with van der Waals surface area (Å²) in [4.78, 5) is 16.0. The summed E-state index contributed by atoms with van der Waals surface area (Å²) in [6.07, 6.45) is -0.235. The number of anilines is 1. The average Bonchev–Trinajstić information content (AvgIpc) is 2.75. The van der Waals surface area contributed by atoms with Crippen molar-refractivity contribution < 1.29 is 27.4 Å². The summed E-state index contributed by atoms with van der Waals surface area (Å²) >= 11 is 0. The molecule has 0 amide bonds. The van der Waals surface area contributed by atoms with Gasteiger partial charge in [-0.2, -0.15) is 18.3 Å². The van der Waals surface area contributed by atoms with E-state index in [1.54, 1.807) is 6.07 Å². The van der Waals surface area contributed by atoms with E-state index in [0.717, 1.165) is 6.07 Å². The maximum absolute atomic E-state index is 13.0. The van der Waals surface area contributed by atoms with Crippen LogP contribution in [0, 0.1) is 0 Å². The summed E-state index contributed by atoms with van der Waals surface area (Å²) in [6.45, 7) is 0. The molecule has 1 N–H and O–H groups in total. The van der Waals surface area contributed by atoms with Crippen molar-refractivity contribution in [3.05, 3.63) is 83.7 Å². The number of aromatic nitrogens is 1. The number of esters is 1. The maximum atomic E-state index is 13.0. The van der Waals surface area contributed by atoms with E-state index in [4.69, 9.17) is 9.47 Å². The number of carbonyl (C=O) groups excluding carboxylic acids is 1. The molecule has 1 heterocycles. The van der Waals surface area contributed by atoms with Crippen LogP contribution in [0.1, 0.15) is 21.5 Å². The lowest BCUT2D eigenvalue weighted by atomic mass is 10.2. The monoisotopic (exact) mass is 415 g/mol. The van der Waals surface area contributed by atoms with E-state index < -0.39 is 17.7 Å². The fourth-order valence-corrected chi connectivity index (χ4v) is 2.50. The summed E-state index contributed by atoms with van der Waals surface area (Å²) in [6, 6.07) is 12.7. The quantitative estimate of drug-likeness (QED) is 0.272. The van der Waals surface area contributed by atoms with Crippen LogP contribution in [-0.4, -0.2) is 24.3 Å². The Kier molecular flexibility index (Phi) is 6.31. The van der Waals surface area contributed by atoms with Crippen LogP contribution in [0.15, 0.2) is 72.1 Å². The third-order valence-corrected chi connectivity index (χ3v) is 3.94. The molecule has 6 nitrogen and oxygen atoms in total. The normalized spacial score (nSPS) is 11.3. The summed E-state index contributed by atoms with van der Waals surface area (Å²) in [7, 11) is 1.40. The van der Waals surface area contributed by atoms with Crippen LogP contribution in [0.4, 0.5) is 18.9 Å². The predicted molar refractivity (Wildman–Crippen MR) is 105 cm³/mol. The number of alkyl halides is 3. The third-order valence-electron chi connectivity index (χ3n) is 3.94. The number of nitrogens with zero attached hydrogens (tertiary/aromatic N) is 2. The highest BCUT2D eigenvalue weighted by Crippen LogP contribution is 2.34. The number of hydrogen-bond acceptors (Lipinski definition) is 6. The van der Waals surface area contributed by atoms with Gasteiger partial charge in [0.1, 0.15) is 0 Å². The van der Waals surface area contributed by atoms with Gasteiger partial charge in [-0.25, -0.2) is 4.79 Å². The molecule has 2 aromatic carbocycles. The zero-order chi connectivity index (χ0) is 21.6. The number of pyridine rings is 1. The Morgan fingerprint density at radius 3 is 2.50 bits per heavy atom. The van der Waals surface area contributed by atoms with E-state index in [2.05, 4.69) is 15.5 Å². The molecule has 0 fully saturated rings. The number of methoxy groups -OCH3 is 1. The molecule has 0 saturated carbocycles. The Balaban J connectivity index is 1.73. The van der Waals surface area contributed by atoms with E-state index in [1.165, 1.54) is 68.2 Å². The number of carbonyl (C=O) groups is 1. The van der Waals surface area contributed by atoms with Gasteiger partial charge < -0.3 is 9.47 Å². The number of benzene rings is 2. The molecule has 1 aromatic heterocycles. The molecular weight excluding hydrogens is 399 g/mol. The van der Waals surface area contributed by atoms with Gasteiger partial charge in [-0.15, -0.1) is 0 Å². The minimum absolute atomic E-state index is 0.170. The van der Waals surface area contributed by atoms with Gasteiger partial charge >= 0.3 is 12.1 Å². The molecule has 9 heteroatoms. The second kappa shape index (κ2) is 9.08. The molecule has 30 heavy (non-hydrogen) atoms. The van der Waals surface area contributed by atoms with Crippen molar-refractivity contribution in [3.8, 4) is 11.5 Å². The summed E-state index contributed by atoms with van der Waals surface area (Å²) < 4.78 is 49.6. The van der Waals surface area contributed by atoms with Crippen molar-refractivity contribution in [1.82, 2.24) is 4.98 Å². The van der Waals surface area contributed by atoms with Gasteiger partial charge in [-0.1, -0.05) is 12.1 Å². The van der Waals surface area contributed by atoms with Gasteiger partial charge in [0.2, 0.25) is 0 Å². The molecule has 0 spiro atoms. The van der Waals surface area contributed by atoms with Crippen LogP contribution in [0.2, 0.25) is 0 Å². The van der Waals surface area contributed by atoms with Gasteiger partial charge in [-0.05, 0) is 48.0 Å². The van der Waals surface area contributed by atoms with Crippen LogP contribution in [0.25, 0.3) is 0 Å². The van der Waals surface area contributed by atoms with Gasteiger partial charge in [0.05, 0.1) is 30.1 Å². The SMILES string of the molecule is COc1cc(/C=N\Nc2ccccc2C(F)(F)F)ccc1OC(=O)c1ccncc1. The predicted octanol–water partition coefficient (Wildman–Crippen LogP) is 4.77. The van der Waals surface area contributed by atoms with Gasteiger partial charge in [0.25, 0.3) is 0 Å². The molecule has 0 saturated heterocycles. The number of hydrogen-bond donors (Lipinski definition) is 1. The molecule has 0 radical (unpaired) electrons. The van der Waals surface area contributed by atoms with Gasteiger partial charge in [0, 0.05) is 12.4 Å². The molecule has 0 bridgehead atoms. The van der Waals surface area contributed by atoms with Crippen LogP contribution in [0.3, 0.4) is 0 Å². The van der Waals surface area contributed by atoms with Crippen molar-refractivity contribution in [2.75, 3.05) is 12.5 Å². The summed E-state index contributed by atoms with van der Waals surface area (Å²) in [5, 5.41) is 3.85. The van der Waals surface area contributed by atoms with Crippen molar-refractivity contribution in [2.45, 2.75) is 6.18 Å². The van der Waals surface area contributed by atoms with E-state index in [9.17, 15) is 18.0 Å². The Morgan fingerprint density at radius 1 is 1.07 bits per heavy atom. The minimum Gasteiger partial charge on any atom is -0.493 e. The second-order valence-electron chi connectivity index (χ2n) is 5.95. The molecule has 0 aliphatic carbocycles. The molecule has 0 aliphatic heterocycles. The number of halogens is 3. The lowest BCUT2D eigenvalue weighted by molar-refractivity contribution is -0.136. The number of ether oxygens (including phenoxy) is 2. The molecular formula is C21H16F3N3O3. The number of rotatable bonds is 6. The second-order valence-corrected chi connectivity index (χ2v) is 5.95. The van der Waals surface area contributed by atoms with Crippen molar-refractivity contribution >= 4 is 17.9 Å². The topological polar surface area (TPSA) is 72.8 Å². The zero-order valence-corrected chi connectivity index (χ0v) is 15.7. The highest BCUT2D eigenvalue weighted by molar-refractivity contribution is 5.91. The molecule has 3 aromatic rings. The Morgan fingerprint density at radius 2 is 1.80 bits per heavy atom. The van der Waals surface area contributed by atoms with Gasteiger partial charge in [0.15, 0.2) is 11.5 Å². The molecule has 0 unspecified atom stereocenters. The number of hydrazone groups is 1. The lowest BCUT2D eigenvalue weighted by Crippen LogP contribution is -2.09. The summed E-state index contributed by atoms with van der Waals surface area (Å²) in [5.74, 6) is -0.133. The maximum Gasteiger partial charge on any atom is 0.418 e. The third kappa shape index (κ3) is 5.13.